The molecule has 8 nitrogen and oxygen atoms in total. The molecule has 1 aromatic heterocycles. The fraction of sp³-hybridized carbons (Fsp3) is 0.429. The van der Waals surface area contributed by atoms with Crippen LogP contribution in [0.15, 0.2) is 47.4 Å². The van der Waals surface area contributed by atoms with Gasteiger partial charge in [-0.2, -0.15) is 13.2 Å². The number of nitrogens with one attached hydrogen (secondary N) is 2. The molecule has 12 heteroatoms. The third-order valence-electron chi connectivity index (χ3n) is 6.73. The third-order valence-corrected chi connectivity index (χ3v) is 7.26. The molecule has 0 unspecified atom stereocenters. The second kappa shape index (κ2) is 14.5. The van der Waals surface area contributed by atoms with E-state index in [0.717, 1.165) is 66.1 Å². The van der Waals surface area contributed by atoms with E-state index >= 15 is 0 Å². The minimum atomic E-state index is -4.38. The summed E-state index contributed by atoms with van der Waals surface area (Å²) in [7, 11) is 3.26. The maximum absolute atomic E-state index is 13.5. The zero-order chi connectivity index (χ0) is 27.8. The summed E-state index contributed by atoms with van der Waals surface area (Å²) in [5.74, 6) is 6.53. The Morgan fingerprint density at radius 3 is 2.55 bits per heavy atom. The van der Waals surface area contributed by atoms with E-state index in [4.69, 9.17) is 14.6 Å². The first-order chi connectivity index (χ1) is 18.8. The van der Waals surface area contributed by atoms with E-state index in [1.54, 1.807) is 38.5 Å². The Morgan fingerprint density at radius 2 is 1.88 bits per heavy atom. The number of fused-ring (bicyclic) bond motifs is 1. The smallest absolute Gasteiger partial charge is 0.406 e. The zero-order valence-electron chi connectivity index (χ0n) is 22.6. The van der Waals surface area contributed by atoms with Crippen molar-refractivity contribution in [2.24, 2.45) is 5.14 Å². The quantitative estimate of drug-likeness (QED) is 0.242. The number of halogens is 3. The highest BCUT2D eigenvalue weighted by molar-refractivity contribution is 7.97. The standard InChI is InChI=1S/C28H34F3N5O2S.H2O/c1-37-16-15-35-13-10-20(11-14-35)34-24-6-3-7-26-23(24)17-21(36(26)19-28(29,30)31)5-4-12-33-25-9-8-22(39-32)18-27(25)38-2;/h3,6-9,17-18,20,33-34H,10-16,19,32H2,1-2H3;1H2. The molecule has 2 aromatic carbocycles. The molecule has 4 rings (SSSR count). The first kappa shape index (κ1) is 31.4. The van der Waals surface area contributed by atoms with Gasteiger partial charge in [0.1, 0.15) is 12.3 Å². The zero-order valence-corrected chi connectivity index (χ0v) is 23.4. The summed E-state index contributed by atoms with van der Waals surface area (Å²) >= 11 is 1.11. The van der Waals surface area contributed by atoms with Gasteiger partial charge in [-0.15, -0.1) is 0 Å². The Hall–Kier alpha value is -3.08. The van der Waals surface area contributed by atoms with Gasteiger partial charge >= 0.3 is 6.18 Å². The normalized spacial score (nSPS) is 14.3. The lowest BCUT2D eigenvalue weighted by Gasteiger charge is -2.32. The molecule has 0 radical (unpaired) electrons. The summed E-state index contributed by atoms with van der Waals surface area (Å²) < 4.78 is 52.4. The maximum atomic E-state index is 13.5. The number of alkyl halides is 3. The number of rotatable bonds is 10. The number of nitrogens with two attached hydrogens (primary N) is 1. The summed E-state index contributed by atoms with van der Waals surface area (Å²) in [5, 5.41) is 13.1. The van der Waals surface area contributed by atoms with Crippen molar-refractivity contribution in [3.8, 4) is 17.6 Å². The van der Waals surface area contributed by atoms with E-state index in [-0.39, 0.29) is 18.1 Å². The van der Waals surface area contributed by atoms with Gasteiger partial charge in [-0.05, 0) is 67.1 Å². The van der Waals surface area contributed by atoms with Crippen molar-refractivity contribution >= 4 is 34.2 Å². The number of anilines is 2. The van der Waals surface area contributed by atoms with Gasteiger partial charge in [0.25, 0.3) is 0 Å². The van der Waals surface area contributed by atoms with Crippen LogP contribution >= 0.6 is 11.9 Å². The van der Waals surface area contributed by atoms with Crippen LogP contribution in [0.1, 0.15) is 18.5 Å². The summed E-state index contributed by atoms with van der Waals surface area (Å²) in [4.78, 5) is 3.21. The molecular weight excluding hydrogens is 543 g/mol. The minimum Gasteiger partial charge on any atom is -0.495 e. The van der Waals surface area contributed by atoms with Crippen LogP contribution < -0.4 is 20.5 Å². The van der Waals surface area contributed by atoms with Crippen LogP contribution in [0.25, 0.3) is 10.9 Å². The van der Waals surface area contributed by atoms with Gasteiger partial charge in [0.15, 0.2) is 0 Å². The summed E-state index contributed by atoms with van der Waals surface area (Å²) in [6, 6.07) is 12.9. The molecule has 2 heterocycles. The Morgan fingerprint density at radius 1 is 1.10 bits per heavy atom. The Labute approximate surface area is 236 Å². The highest BCUT2D eigenvalue weighted by atomic mass is 32.2. The van der Waals surface area contributed by atoms with E-state index in [1.165, 1.54) is 4.57 Å². The average molecular weight is 580 g/mol. The molecule has 3 aromatic rings. The Bertz CT molecular complexity index is 1310. The van der Waals surface area contributed by atoms with Gasteiger partial charge in [0.05, 0.1) is 37.2 Å². The highest BCUT2D eigenvalue weighted by Crippen LogP contribution is 2.32. The molecule has 0 bridgehead atoms. The SMILES string of the molecule is COCCN1CCC(Nc2cccc3c2cc(C#CCNc2ccc(SN)cc2OC)n3CC(F)(F)F)CC1.O. The van der Waals surface area contributed by atoms with Crippen LogP contribution in [0.3, 0.4) is 0 Å². The lowest BCUT2D eigenvalue weighted by atomic mass is 10.0. The molecule has 218 valence electrons. The fourth-order valence-electron chi connectivity index (χ4n) is 4.77. The van der Waals surface area contributed by atoms with Gasteiger partial charge in [-0.1, -0.05) is 12.0 Å². The number of likely N-dealkylation sites (tertiary alicyclic amines) is 1. The van der Waals surface area contributed by atoms with Gasteiger partial charge in [-0.25, -0.2) is 0 Å². The van der Waals surface area contributed by atoms with Crippen LogP contribution in [0, 0.1) is 11.8 Å². The molecule has 1 aliphatic heterocycles. The summed E-state index contributed by atoms with van der Waals surface area (Å²) in [6.45, 7) is 2.63. The first-order valence-electron chi connectivity index (χ1n) is 12.8. The fourth-order valence-corrected chi connectivity index (χ4v) is 5.09. The number of nitrogens with zero attached hydrogens (tertiary/aromatic N) is 2. The molecule has 6 N–H and O–H groups in total. The lowest BCUT2D eigenvalue weighted by molar-refractivity contribution is -0.140. The second-order valence-electron chi connectivity index (χ2n) is 9.36. The molecule has 0 saturated carbocycles. The largest absolute Gasteiger partial charge is 0.495 e. The van der Waals surface area contributed by atoms with Crippen LogP contribution in [0.2, 0.25) is 0 Å². The van der Waals surface area contributed by atoms with Crippen molar-refractivity contribution in [3.05, 3.63) is 48.2 Å². The van der Waals surface area contributed by atoms with Crippen molar-refractivity contribution in [2.75, 3.05) is 57.6 Å². The number of hydrogen-bond donors (Lipinski definition) is 3. The molecule has 40 heavy (non-hydrogen) atoms. The van der Waals surface area contributed by atoms with Crippen molar-refractivity contribution in [2.45, 2.75) is 36.5 Å². The molecule has 0 amide bonds. The van der Waals surface area contributed by atoms with Crippen molar-refractivity contribution in [3.63, 3.8) is 0 Å². The molecular formula is C28H36F3N5O3S. The summed E-state index contributed by atoms with van der Waals surface area (Å²) in [6.07, 6.45) is -2.47. The summed E-state index contributed by atoms with van der Waals surface area (Å²) in [5.41, 5.74) is 2.37. The van der Waals surface area contributed by atoms with Gasteiger partial charge < -0.3 is 35.1 Å². The van der Waals surface area contributed by atoms with Crippen LogP contribution in [0.4, 0.5) is 24.5 Å². The van der Waals surface area contributed by atoms with Crippen LogP contribution in [-0.4, -0.2) is 74.2 Å². The van der Waals surface area contributed by atoms with Gasteiger partial charge in [-0.3, -0.25) is 5.14 Å². The third kappa shape index (κ3) is 8.22. The predicted octanol–water partition coefficient (Wildman–Crippen LogP) is 4.34. The number of methoxy groups -OCH3 is 2. The minimum absolute atomic E-state index is 0. The van der Waals surface area contributed by atoms with E-state index in [0.29, 0.717) is 23.6 Å². The number of ether oxygens (including phenoxy) is 2. The number of hydrogen-bond acceptors (Lipinski definition) is 7. The molecule has 0 spiro atoms. The van der Waals surface area contributed by atoms with E-state index in [2.05, 4.69) is 27.4 Å². The van der Waals surface area contributed by atoms with E-state index < -0.39 is 12.7 Å². The number of aromatic nitrogens is 1. The Balaban J connectivity index is 0.00000441. The molecule has 0 atom stereocenters. The molecule has 0 aliphatic carbocycles. The van der Waals surface area contributed by atoms with Crippen molar-refractivity contribution in [1.29, 1.82) is 0 Å². The lowest BCUT2D eigenvalue weighted by Crippen LogP contribution is -2.40. The average Bonchev–Trinajstić information content (AvgIpc) is 3.27. The van der Waals surface area contributed by atoms with E-state index in [9.17, 15) is 13.2 Å². The topological polar surface area (TPSA) is 108 Å². The maximum Gasteiger partial charge on any atom is 0.406 e. The highest BCUT2D eigenvalue weighted by Gasteiger charge is 2.30. The van der Waals surface area contributed by atoms with E-state index in [1.807, 2.05) is 18.2 Å². The number of piperidine rings is 1. The molecule has 1 aliphatic rings. The van der Waals surface area contributed by atoms with Gasteiger partial charge in [0, 0.05) is 48.8 Å². The van der Waals surface area contributed by atoms with Crippen molar-refractivity contribution < 1.29 is 28.1 Å². The van der Waals surface area contributed by atoms with Crippen molar-refractivity contribution in [1.82, 2.24) is 9.47 Å². The van der Waals surface area contributed by atoms with Crippen LogP contribution in [0.5, 0.6) is 5.75 Å². The van der Waals surface area contributed by atoms with Gasteiger partial charge in [0.2, 0.25) is 0 Å². The monoisotopic (exact) mass is 579 g/mol. The Kier molecular flexibility index (Phi) is 11.4. The molecule has 1 saturated heterocycles. The molecule has 1 fully saturated rings. The van der Waals surface area contributed by atoms with Crippen LogP contribution in [-0.2, 0) is 11.3 Å². The second-order valence-corrected chi connectivity index (χ2v) is 10.1. The predicted molar refractivity (Wildman–Crippen MR) is 155 cm³/mol. The first-order valence-corrected chi connectivity index (χ1v) is 13.6. The number of benzene rings is 2.